The van der Waals surface area contributed by atoms with Crippen molar-refractivity contribution in [1.82, 2.24) is 9.97 Å². The van der Waals surface area contributed by atoms with Crippen LogP contribution in [0.2, 0.25) is 0 Å². The number of anilines is 2. The number of sulfone groups is 1. The molecule has 0 amide bonds. The van der Waals surface area contributed by atoms with Crippen molar-refractivity contribution >= 4 is 21.5 Å². The molecule has 1 N–H and O–H groups in total. The first-order chi connectivity index (χ1) is 8.05. The van der Waals surface area contributed by atoms with Gasteiger partial charge in [0.25, 0.3) is 0 Å². The quantitative estimate of drug-likeness (QED) is 0.895. The van der Waals surface area contributed by atoms with Crippen LogP contribution in [-0.4, -0.2) is 24.6 Å². The first-order valence-electron chi connectivity index (χ1n) is 4.90. The molecule has 5 nitrogen and oxygen atoms in total. The van der Waals surface area contributed by atoms with Gasteiger partial charge >= 0.3 is 0 Å². The minimum Gasteiger partial charge on any atom is -0.324 e. The van der Waals surface area contributed by atoms with Crippen LogP contribution >= 0.6 is 0 Å². The standard InChI is InChI=1S/C11H11N3O2S/c1-17(15,16)10-5-2-4-9(8-10)14-11-12-6-3-7-13-11/h2-8H,1H3,(H,12,13,14). The van der Waals surface area contributed by atoms with Gasteiger partial charge in [0, 0.05) is 24.3 Å². The van der Waals surface area contributed by atoms with E-state index in [-0.39, 0.29) is 4.90 Å². The summed E-state index contributed by atoms with van der Waals surface area (Å²) in [5.74, 6) is 0.429. The predicted molar refractivity (Wildman–Crippen MR) is 64.9 cm³/mol. The molecule has 1 heterocycles. The Kier molecular flexibility index (Phi) is 3.06. The number of hydrogen-bond donors (Lipinski definition) is 1. The highest BCUT2D eigenvalue weighted by molar-refractivity contribution is 7.90. The Morgan fingerprint density at radius 3 is 2.47 bits per heavy atom. The van der Waals surface area contributed by atoms with E-state index >= 15 is 0 Å². The van der Waals surface area contributed by atoms with Gasteiger partial charge in [0.1, 0.15) is 0 Å². The molecule has 0 saturated heterocycles. The number of nitrogens with zero attached hydrogens (tertiary/aromatic N) is 2. The Morgan fingerprint density at radius 1 is 1.12 bits per heavy atom. The Bertz CT molecular complexity index is 612. The smallest absolute Gasteiger partial charge is 0.227 e. The summed E-state index contributed by atoms with van der Waals surface area (Å²) in [6.45, 7) is 0. The lowest BCUT2D eigenvalue weighted by Crippen LogP contribution is -2.00. The fourth-order valence-electron chi connectivity index (χ4n) is 1.30. The van der Waals surface area contributed by atoms with Crippen molar-refractivity contribution < 1.29 is 8.42 Å². The fourth-order valence-corrected chi connectivity index (χ4v) is 1.96. The highest BCUT2D eigenvalue weighted by atomic mass is 32.2. The Morgan fingerprint density at radius 2 is 1.82 bits per heavy atom. The summed E-state index contributed by atoms with van der Waals surface area (Å²) in [6, 6.07) is 8.23. The molecule has 0 fully saturated rings. The van der Waals surface area contributed by atoms with Gasteiger partial charge in [-0.3, -0.25) is 0 Å². The average molecular weight is 249 g/mol. The van der Waals surface area contributed by atoms with E-state index in [1.54, 1.807) is 42.7 Å². The van der Waals surface area contributed by atoms with Gasteiger partial charge in [-0.05, 0) is 24.3 Å². The molecule has 2 aromatic rings. The molecule has 0 aliphatic rings. The van der Waals surface area contributed by atoms with Crippen LogP contribution in [0, 0.1) is 0 Å². The molecule has 0 saturated carbocycles. The highest BCUT2D eigenvalue weighted by Gasteiger charge is 2.07. The maximum absolute atomic E-state index is 11.4. The van der Waals surface area contributed by atoms with Crippen LogP contribution in [-0.2, 0) is 9.84 Å². The van der Waals surface area contributed by atoms with E-state index in [0.29, 0.717) is 11.6 Å². The number of rotatable bonds is 3. The van der Waals surface area contributed by atoms with Gasteiger partial charge in [0.2, 0.25) is 5.95 Å². The zero-order valence-electron chi connectivity index (χ0n) is 9.16. The van der Waals surface area contributed by atoms with Crippen molar-refractivity contribution in [3.8, 4) is 0 Å². The maximum Gasteiger partial charge on any atom is 0.227 e. The third-order valence-electron chi connectivity index (χ3n) is 2.08. The molecule has 88 valence electrons. The Hall–Kier alpha value is -1.95. The Balaban J connectivity index is 2.29. The summed E-state index contributed by atoms with van der Waals surface area (Å²) < 4.78 is 22.8. The van der Waals surface area contributed by atoms with Gasteiger partial charge in [-0.1, -0.05) is 6.07 Å². The number of nitrogens with one attached hydrogen (secondary N) is 1. The van der Waals surface area contributed by atoms with Gasteiger partial charge in [-0.2, -0.15) is 0 Å². The van der Waals surface area contributed by atoms with E-state index in [1.165, 1.54) is 6.26 Å². The molecule has 6 heteroatoms. The molecule has 1 aromatic heterocycles. The van der Waals surface area contributed by atoms with E-state index in [1.807, 2.05) is 0 Å². The van der Waals surface area contributed by atoms with E-state index < -0.39 is 9.84 Å². The summed E-state index contributed by atoms with van der Waals surface area (Å²) in [7, 11) is -3.20. The molecule has 1 aromatic carbocycles. The van der Waals surface area contributed by atoms with Gasteiger partial charge in [-0.25, -0.2) is 18.4 Å². The van der Waals surface area contributed by atoms with Gasteiger partial charge in [0.15, 0.2) is 9.84 Å². The molecular formula is C11H11N3O2S. The van der Waals surface area contributed by atoms with Crippen LogP contribution in [0.15, 0.2) is 47.6 Å². The van der Waals surface area contributed by atoms with Gasteiger partial charge in [0.05, 0.1) is 4.90 Å². The van der Waals surface area contributed by atoms with Crippen molar-refractivity contribution in [3.63, 3.8) is 0 Å². The zero-order chi connectivity index (χ0) is 12.3. The first kappa shape index (κ1) is 11.5. The lowest BCUT2D eigenvalue weighted by Gasteiger charge is -2.05. The number of benzene rings is 1. The van der Waals surface area contributed by atoms with Gasteiger partial charge in [-0.15, -0.1) is 0 Å². The minimum absolute atomic E-state index is 0.262. The van der Waals surface area contributed by atoms with Gasteiger partial charge < -0.3 is 5.32 Å². The molecule has 0 bridgehead atoms. The second-order valence-electron chi connectivity index (χ2n) is 3.50. The summed E-state index contributed by atoms with van der Waals surface area (Å²) >= 11 is 0. The molecule has 0 aliphatic carbocycles. The topological polar surface area (TPSA) is 72.0 Å². The summed E-state index contributed by atoms with van der Waals surface area (Å²) in [4.78, 5) is 8.25. The maximum atomic E-state index is 11.4. The third-order valence-corrected chi connectivity index (χ3v) is 3.19. The first-order valence-corrected chi connectivity index (χ1v) is 6.79. The summed E-state index contributed by atoms with van der Waals surface area (Å²) in [5, 5.41) is 2.93. The normalized spacial score (nSPS) is 11.1. The molecule has 2 rings (SSSR count). The zero-order valence-corrected chi connectivity index (χ0v) is 9.98. The highest BCUT2D eigenvalue weighted by Crippen LogP contribution is 2.17. The van der Waals surface area contributed by atoms with Crippen molar-refractivity contribution in [2.45, 2.75) is 4.90 Å². The van der Waals surface area contributed by atoms with Crippen molar-refractivity contribution in [1.29, 1.82) is 0 Å². The van der Waals surface area contributed by atoms with E-state index in [0.717, 1.165) is 0 Å². The second-order valence-corrected chi connectivity index (χ2v) is 5.51. The third kappa shape index (κ3) is 3.01. The van der Waals surface area contributed by atoms with Crippen molar-refractivity contribution in [2.24, 2.45) is 0 Å². The van der Waals surface area contributed by atoms with E-state index in [2.05, 4.69) is 15.3 Å². The van der Waals surface area contributed by atoms with Crippen molar-refractivity contribution in [3.05, 3.63) is 42.7 Å². The van der Waals surface area contributed by atoms with Crippen LogP contribution in [0.1, 0.15) is 0 Å². The van der Waals surface area contributed by atoms with E-state index in [4.69, 9.17) is 0 Å². The number of hydrogen-bond acceptors (Lipinski definition) is 5. The largest absolute Gasteiger partial charge is 0.324 e. The average Bonchev–Trinajstić information content (AvgIpc) is 2.29. The fraction of sp³-hybridized carbons (Fsp3) is 0.0909. The molecule has 0 unspecified atom stereocenters. The van der Waals surface area contributed by atoms with Crippen LogP contribution < -0.4 is 5.32 Å². The predicted octanol–water partition coefficient (Wildman–Crippen LogP) is 1.62. The summed E-state index contributed by atoms with van der Waals surface area (Å²) in [6.07, 6.45) is 4.39. The second kappa shape index (κ2) is 4.50. The van der Waals surface area contributed by atoms with Crippen LogP contribution in [0.3, 0.4) is 0 Å². The molecule has 0 spiro atoms. The van der Waals surface area contributed by atoms with Crippen LogP contribution in [0.5, 0.6) is 0 Å². The monoisotopic (exact) mass is 249 g/mol. The minimum atomic E-state index is -3.20. The van der Waals surface area contributed by atoms with Crippen LogP contribution in [0.4, 0.5) is 11.6 Å². The SMILES string of the molecule is CS(=O)(=O)c1cccc(Nc2ncccn2)c1. The van der Waals surface area contributed by atoms with Crippen molar-refractivity contribution in [2.75, 3.05) is 11.6 Å². The van der Waals surface area contributed by atoms with Crippen LogP contribution in [0.25, 0.3) is 0 Å². The summed E-state index contributed by atoms with van der Waals surface area (Å²) in [5.41, 5.74) is 0.638. The number of aromatic nitrogens is 2. The molecule has 17 heavy (non-hydrogen) atoms. The lowest BCUT2D eigenvalue weighted by molar-refractivity contribution is 0.602. The Labute approximate surface area is 99.5 Å². The molecule has 0 atom stereocenters. The lowest BCUT2D eigenvalue weighted by atomic mass is 10.3. The molecule has 0 aliphatic heterocycles. The van der Waals surface area contributed by atoms with E-state index in [9.17, 15) is 8.42 Å². The molecular weight excluding hydrogens is 238 g/mol. The molecule has 0 radical (unpaired) electrons.